The molecule has 3 aromatic rings. The average molecular weight is 424 g/mol. The van der Waals surface area contributed by atoms with Crippen molar-refractivity contribution in [3.63, 3.8) is 0 Å². The third kappa shape index (κ3) is 3.17. The van der Waals surface area contributed by atoms with Gasteiger partial charge in [-0.15, -0.1) is 0 Å². The van der Waals surface area contributed by atoms with Crippen molar-refractivity contribution in [2.45, 2.75) is 18.7 Å². The van der Waals surface area contributed by atoms with Crippen molar-refractivity contribution in [1.82, 2.24) is 5.01 Å². The second kappa shape index (κ2) is 7.11. The van der Waals surface area contributed by atoms with E-state index in [1.807, 2.05) is 17.1 Å². The van der Waals surface area contributed by atoms with E-state index in [9.17, 15) is 14.5 Å². The maximum atomic E-state index is 13.4. The molecule has 0 radical (unpaired) electrons. The predicted octanol–water partition coefficient (Wildman–Crippen LogP) is 5.63. The van der Waals surface area contributed by atoms with E-state index in [1.165, 1.54) is 24.3 Å². The highest BCUT2D eigenvalue weighted by Gasteiger charge is 2.41. The fourth-order valence-electron chi connectivity index (χ4n) is 3.86. The number of nitrogens with zero attached hydrogens (tertiary/aromatic N) is 3. The van der Waals surface area contributed by atoms with Gasteiger partial charge in [-0.25, -0.2) is 9.40 Å². The molecule has 3 aromatic carbocycles. The Morgan fingerprint density at radius 3 is 2.53 bits per heavy atom. The normalized spacial score (nSPS) is 19.5. The molecule has 0 N–H and O–H groups in total. The van der Waals surface area contributed by atoms with Crippen molar-refractivity contribution in [3.8, 4) is 5.75 Å². The lowest BCUT2D eigenvalue weighted by atomic mass is 9.96. The highest BCUT2D eigenvalue weighted by Crippen LogP contribution is 2.48. The topological polar surface area (TPSA) is 68.0 Å². The number of rotatable bonds is 3. The molecule has 2 aliphatic heterocycles. The minimum atomic E-state index is -0.553. The highest BCUT2D eigenvalue weighted by molar-refractivity contribution is 6.30. The van der Waals surface area contributed by atoms with Crippen molar-refractivity contribution in [2.24, 2.45) is 5.10 Å². The van der Waals surface area contributed by atoms with Gasteiger partial charge in [-0.05, 0) is 48.0 Å². The molecule has 2 atom stereocenters. The van der Waals surface area contributed by atoms with Crippen LogP contribution in [0.3, 0.4) is 0 Å². The lowest BCUT2D eigenvalue weighted by Crippen LogP contribution is -2.33. The van der Waals surface area contributed by atoms with Crippen LogP contribution in [-0.4, -0.2) is 15.6 Å². The summed E-state index contributed by atoms with van der Waals surface area (Å²) in [5.41, 5.74) is 3.31. The van der Waals surface area contributed by atoms with Crippen molar-refractivity contribution in [1.29, 1.82) is 0 Å². The quantitative estimate of drug-likeness (QED) is 0.404. The van der Waals surface area contributed by atoms with Crippen LogP contribution in [-0.2, 0) is 0 Å². The smallest absolute Gasteiger partial charge is 0.269 e. The predicted molar refractivity (Wildman–Crippen MR) is 110 cm³/mol. The fourth-order valence-corrected chi connectivity index (χ4v) is 4.04. The van der Waals surface area contributed by atoms with Crippen LogP contribution >= 0.6 is 11.6 Å². The number of halogens is 2. The minimum Gasteiger partial charge on any atom is -0.464 e. The summed E-state index contributed by atoms with van der Waals surface area (Å²) in [6.07, 6.45) is 0.0497. The molecule has 0 saturated carbocycles. The second-order valence-corrected chi connectivity index (χ2v) is 7.59. The van der Waals surface area contributed by atoms with Gasteiger partial charge in [-0.2, -0.15) is 5.10 Å². The molecule has 8 heteroatoms. The van der Waals surface area contributed by atoms with Gasteiger partial charge < -0.3 is 4.74 Å². The number of benzene rings is 3. The standard InChI is InChI=1S/C22H15ClFN3O3/c23-15-5-10-21-18(11-15)20-12-19(13-1-6-16(24)7-2-13)25-26(20)22(30-21)14-3-8-17(9-4-14)27(28)29/h1-11,20,22H,12H2/t20-,22+/m0/s1. The van der Waals surface area contributed by atoms with E-state index in [1.54, 1.807) is 30.3 Å². The maximum absolute atomic E-state index is 13.4. The molecule has 2 aliphatic rings. The molecule has 0 bridgehead atoms. The third-order valence-corrected chi connectivity index (χ3v) is 5.55. The monoisotopic (exact) mass is 423 g/mol. The minimum absolute atomic E-state index is 0.00946. The SMILES string of the molecule is O=[N+]([O-])c1ccc([C@H]2Oc3ccc(Cl)cc3[C@@H]3CC(c4ccc(F)cc4)=NN23)cc1. The number of fused-ring (bicyclic) bond motifs is 3. The zero-order valence-electron chi connectivity index (χ0n) is 15.5. The molecule has 0 aromatic heterocycles. The van der Waals surface area contributed by atoms with E-state index in [2.05, 4.69) is 0 Å². The van der Waals surface area contributed by atoms with Gasteiger partial charge >= 0.3 is 0 Å². The summed E-state index contributed by atoms with van der Waals surface area (Å²) in [6.45, 7) is 0. The average Bonchev–Trinajstić information content (AvgIpc) is 3.19. The van der Waals surface area contributed by atoms with E-state index in [0.717, 1.165) is 22.4 Å². The molecule has 150 valence electrons. The lowest BCUT2D eigenvalue weighted by molar-refractivity contribution is -0.384. The molecule has 0 amide bonds. The molecule has 0 spiro atoms. The Morgan fingerprint density at radius 1 is 1.10 bits per heavy atom. The fraction of sp³-hybridized carbons (Fsp3) is 0.136. The van der Waals surface area contributed by atoms with E-state index in [-0.39, 0.29) is 17.5 Å². The zero-order valence-corrected chi connectivity index (χ0v) is 16.3. The molecule has 0 aliphatic carbocycles. The Bertz CT molecular complexity index is 1170. The summed E-state index contributed by atoms with van der Waals surface area (Å²) in [5.74, 6) is 0.388. The highest BCUT2D eigenvalue weighted by atomic mass is 35.5. The van der Waals surface area contributed by atoms with Crippen molar-refractivity contribution < 1.29 is 14.1 Å². The van der Waals surface area contributed by atoms with Gasteiger partial charge in [0.15, 0.2) is 0 Å². The summed E-state index contributed by atoms with van der Waals surface area (Å²) in [7, 11) is 0. The summed E-state index contributed by atoms with van der Waals surface area (Å²) < 4.78 is 19.6. The van der Waals surface area contributed by atoms with Crippen molar-refractivity contribution in [3.05, 3.63) is 104 Å². The van der Waals surface area contributed by atoms with Gasteiger partial charge in [0.25, 0.3) is 5.69 Å². The van der Waals surface area contributed by atoms with Gasteiger partial charge in [0.2, 0.25) is 6.23 Å². The number of hydrogen-bond donors (Lipinski definition) is 0. The van der Waals surface area contributed by atoms with Crippen LogP contribution in [0, 0.1) is 15.9 Å². The number of hydrogen-bond acceptors (Lipinski definition) is 5. The Labute approximate surface area is 176 Å². The van der Waals surface area contributed by atoms with Crippen LogP contribution in [0.15, 0.2) is 71.8 Å². The zero-order chi connectivity index (χ0) is 20.8. The molecule has 0 unspecified atom stereocenters. The van der Waals surface area contributed by atoms with Crippen LogP contribution in [0.25, 0.3) is 0 Å². The van der Waals surface area contributed by atoms with Crippen LogP contribution in [0.2, 0.25) is 5.02 Å². The van der Waals surface area contributed by atoms with Crippen molar-refractivity contribution in [2.75, 3.05) is 0 Å². The van der Waals surface area contributed by atoms with Crippen LogP contribution in [0.4, 0.5) is 10.1 Å². The Morgan fingerprint density at radius 2 is 1.83 bits per heavy atom. The number of hydrazone groups is 1. The van der Waals surface area contributed by atoms with Gasteiger partial charge in [0.1, 0.15) is 11.6 Å². The van der Waals surface area contributed by atoms with Gasteiger partial charge in [-0.3, -0.25) is 10.1 Å². The first-order chi connectivity index (χ1) is 14.5. The molecule has 0 fully saturated rings. The molecule has 30 heavy (non-hydrogen) atoms. The Balaban J connectivity index is 1.57. The number of nitro groups is 1. The summed E-state index contributed by atoms with van der Waals surface area (Å²) in [4.78, 5) is 10.6. The molecule has 2 heterocycles. The summed E-state index contributed by atoms with van der Waals surface area (Å²) in [6, 6.07) is 17.8. The molecule has 5 rings (SSSR count). The van der Waals surface area contributed by atoms with E-state index >= 15 is 0 Å². The van der Waals surface area contributed by atoms with Crippen LogP contribution < -0.4 is 4.74 Å². The van der Waals surface area contributed by atoms with E-state index in [0.29, 0.717) is 17.2 Å². The summed E-state index contributed by atoms with van der Waals surface area (Å²) in [5, 5.41) is 18.2. The second-order valence-electron chi connectivity index (χ2n) is 7.15. The number of ether oxygens (including phenoxy) is 1. The number of nitro benzene ring substituents is 1. The largest absolute Gasteiger partial charge is 0.464 e. The van der Waals surface area contributed by atoms with E-state index < -0.39 is 11.2 Å². The van der Waals surface area contributed by atoms with Gasteiger partial charge in [-0.1, -0.05) is 23.7 Å². The van der Waals surface area contributed by atoms with Crippen LogP contribution in [0.5, 0.6) is 5.75 Å². The first-order valence-corrected chi connectivity index (χ1v) is 9.69. The van der Waals surface area contributed by atoms with Gasteiger partial charge in [0, 0.05) is 34.7 Å². The molecule has 0 saturated heterocycles. The first kappa shape index (κ1) is 18.6. The first-order valence-electron chi connectivity index (χ1n) is 9.32. The molecular weight excluding hydrogens is 409 g/mol. The van der Waals surface area contributed by atoms with Crippen LogP contribution in [0.1, 0.15) is 35.4 Å². The molecular formula is C22H15ClFN3O3. The Hall–Kier alpha value is -3.45. The van der Waals surface area contributed by atoms with E-state index in [4.69, 9.17) is 21.4 Å². The van der Waals surface area contributed by atoms with Crippen molar-refractivity contribution >= 4 is 23.0 Å². The Kier molecular flexibility index (Phi) is 4.40. The summed E-state index contributed by atoms with van der Waals surface area (Å²) >= 11 is 6.22. The number of non-ortho nitro benzene ring substituents is 1. The van der Waals surface area contributed by atoms with Gasteiger partial charge in [0.05, 0.1) is 16.7 Å². The molecule has 6 nitrogen and oxygen atoms in total. The maximum Gasteiger partial charge on any atom is 0.269 e. The lowest BCUT2D eigenvalue weighted by Gasteiger charge is -2.38. The third-order valence-electron chi connectivity index (χ3n) is 5.32.